The van der Waals surface area contributed by atoms with Gasteiger partial charge in [-0.15, -0.1) is 0 Å². The standard InChI is InChI=1S/C8H12N2O2S/c1-13(11,12)10-9-7-8-5-3-2-4-6-8/h2-5,7-8,10H,6H2,1H3/b9-7-/t8-/m0/s1. The molecule has 0 bridgehead atoms. The van der Waals surface area contributed by atoms with Crippen LogP contribution in [0.4, 0.5) is 0 Å². The Hall–Kier alpha value is -1.10. The van der Waals surface area contributed by atoms with E-state index >= 15 is 0 Å². The number of nitrogens with zero attached hydrogens (tertiary/aromatic N) is 1. The van der Waals surface area contributed by atoms with Gasteiger partial charge in [0.25, 0.3) is 0 Å². The fraction of sp³-hybridized carbons (Fsp3) is 0.375. The average Bonchev–Trinajstić information content (AvgIpc) is 2.04. The van der Waals surface area contributed by atoms with Crippen molar-refractivity contribution in [1.29, 1.82) is 0 Å². The number of hydrogen-bond acceptors (Lipinski definition) is 3. The van der Waals surface area contributed by atoms with Gasteiger partial charge in [0.15, 0.2) is 0 Å². The normalized spacial score (nSPS) is 22.4. The molecule has 0 heterocycles. The summed E-state index contributed by atoms with van der Waals surface area (Å²) in [5, 5.41) is 3.62. The molecule has 1 atom stereocenters. The Kier molecular flexibility index (Phi) is 3.25. The van der Waals surface area contributed by atoms with Crippen molar-refractivity contribution in [2.45, 2.75) is 6.42 Å². The van der Waals surface area contributed by atoms with E-state index in [4.69, 9.17) is 0 Å². The lowest BCUT2D eigenvalue weighted by molar-refractivity contribution is 0.590. The van der Waals surface area contributed by atoms with Crippen molar-refractivity contribution >= 4 is 16.2 Å². The molecule has 0 aliphatic heterocycles. The third kappa shape index (κ3) is 4.47. The largest absolute Gasteiger partial charge is 0.244 e. The number of sulfonamides is 1. The fourth-order valence-electron chi connectivity index (χ4n) is 0.932. The van der Waals surface area contributed by atoms with Crippen LogP contribution < -0.4 is 4.83 Å². The molecule has 72 valence electrons. The Morgan fingerprint density at radius 2 is 2.31 bits per heavy atom. The Labute approximate surface area is 78.1 Å². The summed E-state index contributed by atoms with van der Waals surface area (Å²) < 4.78 is 21.2. The Bertz CT molecular complexity index is 341. The van der Waals surface area contributed by atoms with Crippen LogP contribution in [0.5, 0.6) is 0 Å². The second-order valence-electron chi connectivity index (χ2n) is 2.85. The highest BCUT2D eigenvalue weighted by atomic mass is 32.2. The maximum atomic E-state index is 10.6. The van der Waals surface area contributed by atoms with Gasteiger partial charge in [-0.05, 0) is 6.42 Å². The quantitative estimate of drug-likeness (QED) is 0.537. The third-order valence-corrected chi connectivity index (χ3v) is 1.94. The van der Waals surface area contributed by atoms with E-state index in [1.54, 1.807) is 6.21 Å². The van der Waals surface area contributed by atoms with Crippen LogP contribution in [0.3, 0.4) is 0 Å². The number of rotatable bonds is 3. The maximum Gasteiger partial charge on any atom is 0.244 e. The molecule has 0 aromatic carbocycles. The molecule has 4 nitrogen and oxygen atoms in total. The second kappa shape index (κ2) is 4.23. The van der Waals surface area contributed by atoms with Gasteiger partial charge in [0, 0.05) is 12.1 Å². The first kappa shape index (κ1) is 9.98. The number of nitrogens with one attached hydrogen (secondary N) is 1. The van der Waals surface area contributed by atoms with E-state index in [9.17, 15) is 8.42 Å². The van der Waals surface area contributed by atoms with Gasteiger partial charge in [-0.3, -0.25) is 0 Å². The minimum Gasteiger partial charge on any atom is -0.206 e. The lowest BCUT2D eigenvalue weighted by Gasteiger charge is -2.05. The van der Waals surface area contributed by atoms with Crippen molar-refractivity contribution < 1.29 is 8.42 Å². The van der Waals surface area contributed by atoms with Crippen LogP contribution in [0.1, 0.15) is 6.42 Å². The smallest absolute Gasteiger partial charge is 0.206 e. The summed E-state index contributed by atoms with van der Waals surface area (Å²) >= 11 is 0. The topological polar surface area (TPSA) is 58.5 Å². The van der Waals surface area contributed by atoms with Crippen LogP contribution in [0.2, 0.25) is 0 Å². The third-order valence-electron chi connectivity index (χ3n) is 1.50. The molecule has 0 radical (unpaired) electrons. The van der Waals surface area contributed by atoms with Gasteiger partial charge in [0.05, 0.1) is 6.26 Å². The summed E-state index contributed by atoms with van der Waals surface area (Å²) in [5.74, 6) is 0.194. The summed E-state index contributed by atoms with van der Waals surface area (Å²) in [4.78, 5) is 2.05. The van der Waals surface area contributed by atoms with Crippen molar-refractivity contribution in [3.8, 4) is 0 Å². The summed E-state index contributed by atoms with van der Waals surface area (Å²) in [5.41, 5.74) is 0. The summed E-state index contributed by atoms with van der Waals surface area (Å²) in [6.07, 6.45) is 11.4. The molecule has 13 heavy (non-hydrogen) atoms. The number of allylic oxidation sites excluding steroid dienone is 4. The first-order valence-electron chi connectivity index (χ1n) is 3.91. The zero-order valence-corrected chi connectivity index (χ0v) is 8.16. The maximum absolute atomic E-state index is 10.6. The van der Waals surface area contributed by atoms with E-state index in [1.807, 2.05) is 24.3 Å². The average molecular weight is 200 g/mol. The van der Waals surface area contributed by atoms with Gasteiger partial charge in [-0.25, -0.2) is 13.2 Å². The molecular weight excluding hydrogens is 188 g/mol. The zero-order valence-electron chi connectivity index (χ0n) is 7.34. The van der Waals surface area contributed by atoms with Gasteiger partial charge >= 0.3 is 0 Å². The van der Waals surface area contributed by atoms with Gasteiger partial charge in [-0.1, -0.05) is 24.3 Å². The number of hydrogen-bond donors (Lipinski definition) is 1. The van der Waals surface area contributed by atoms with Crippen molar-refractivity contribution in [1.82, 2.24) is 4.83 Å². The van der Waals surface area contributed by atoms with E-state index in [1.165, 1.54) is 0 Å². The molecule has 0 unspecified atom stereocenters. The van der Waals surface area contributed by atoms with Crippen molar-refractivity contribution in [3.63, 3.8) is 0 Å². The van der Waals surface area contributed by atoms with Crippen molar-refractivity contribution in [2.75, 3.05) is 6.26 Å². The molecule has 1 aliphatic carbocycles. The van der Waals surface area contributed by atoms with E-state index in [-0.39, 0.29) is 5.92 Å². The minimum atomic E-state index is -3.21. The molecule has 0 spiro atoms. The summed E-state index contributed by atoms with van der Waals surface area (Å²) in [6.45, 7) is 0. The van der Waals surface area contributed by atoms with Crippen LogP contribution in [-0.4, -0.2) is 20.9 Å². The predicted octanol–water partition coefficient (Wildman–Crippen LogP) is 0.654. The van der Waals surface area contributed by atoms with Crippen molar-refractivity contribution in [2.24, 2.45) is 11.0 Å². The lowest BCUT2D eigenvalue weighted by Crippen LogP contribution is -2.16. The molecule has 0 aromatic heterocycles. The van der Waals surface area contributed by atoms with Gasteiger partial charge in [0.1, 0.15) is 0 Å². The molecule has 5 heteroatoms. The second-order valence-corrected chi connectivity index (χ2v) is 4.58. The first-order chi connectivity index (χ1) is 6.08. The SMILES string of the molecule is CS(=O)(=O)N/N=C\[C@H]1C=CC=CC1. The molecule has 1 N–H and O–H groups in total. The Morgan fingerprint density at radius 1 is 1.54 bits per heavy atom. The highest BCUT2D eigenvalue weighted by molar-refractivity contribution is 7.88. The molecule has 0 fully saturated rings. The molecule has 0 saturated carbocycles. The molecule has 1 rings (SSSR count). The Balaban J connectivity index is 2.41. The van der Waals surface area contributed by atoms with E-state index in [2.05, 4.69) is 9.93 Å². The Morgan fingerprint density at radius 3 is 2.85 bits per heavy atom. The van der Waals surface area contributed by atoms with E-state index in [0.29, 0.717) is 0 Å². The van der Waals surface area contributed by atoms with Gasteiger partial charge < -0.3 is 0 Å². The van der Waals surface area contributed by atoms with E-state index in [0.717, 1.165) is 12.7 Å². The van der Waals surface area contributed by atoms with Gasteiger partial charge in [-0.2, -0.15) is 5.10 Å². The first-order valence-corrected chi connectivity index (χ1v) is 5.80. The molecule has 0 amide bonds. The summed E-state index contributed by atoms with van der Waals surface area (Å²) in [7, 11) is -3.21. The van der Waals surface area contributed by atoms with E-state index < -0.39 is 10.0 Å². The molecular formula is C8H12N2O2S. The fourth-order valence-corrected chi connectivity index (χ4v) is 1.18. The minimum absolute atomic E-state index is 0.194. The van der Waals surface area contributed by atoms with Crippen molar-refractivity contribution in [3.05, 3.63) is 24.3 Å². The van der Waals surface area contributed by atoms with Crippen LogP contribution in [0, 0.1) is 5.92 Å². The number of hydrazone groups is 1. The molecule has 0 saturated heterocycles. The molecule has 0 aromatic rings. The zero-order chi connectivity index (χ0) is 9.73. The van der Waals surface area contributed by atoms with Crippen LogP contribution in [0.25, 0.3) is 0 Å². The molecule has 1 aliphatic rings. The lowest BCUT2D eigenvalue weighted by atomic mass is 10.0. The summed E-state index contributed by atoms with van der Waals surface area (Å²) in [6, 6.07) is 0. The van der Waals surface area contributed by atoms with Crippen LogP contribution in [-0.2, 0) is 10.0 Å². The predicted molar refractivity (Wildman–Crippen MR) is 52.9 cm³/mol. The highest BCUT2D eigenvalue weighted by Gasteiger charge is 2.01. The monoisotopic (exact) mass is 200 g/mol. The van der Waals surface area contributed by atoms with Crippen LogP contribution in [0.15, 0.2) is 29.4 Å². The van der Waals surface area contributed by atoms with Gasteiger partial charge in [0.2, 0.25) is 10.0 Å². The van der Waals surface area contributed by atoms with Crippen LogP contribution >= 0.6 is 0 Å². The highest BCUT2D eigenvalue weighted by Crippen LogP contribution is 2.07.